The summed E-state index contributed by atoms with van der Waals surface area (Å²) < 4.78 is 1.26. The van der Waals surface area contributed by atoms with Crippen molar-refractivity contribution in [3.8, 4) is 0 Å². The maximum atomic E-state index is 12.1. The Bertz CT molecular complexity index is 731. The molecular weight excluding hydrogens is 240 g/mol. The van der Waals surface area contributed by atoms with E-state index in [1.807, 2.05) is 55.5 Å². The Hall–Kier alpha value is -2.69. The second kappa shape index (κ2) is 4.53. The highest BCUT2D eigenvalue weighted by atomic mass is 16.2. The van der Waals surface area contributed by atoms with E-state index in [4.69, 9.17) is 0 Å². The van der Waals surface area contributed by atoms with Gasteiger partial charge in [0.2, 0.25) is 0 Å². The fraction of sp³-hybridized carbons (Fsp3) is 0.0714. The molecule has 0 radical (unpaired) electrons. The lowest BCUT2D eigenvalue weighted by Crippen LogP contribution is -2.20. The van der Waals surface area contributed by atoms with E-state index in [0.717, 1.165) is 11.3 Å². The van der Waals surface area contributed by atoms with Gasteiger partial charge in [-0.3, -0.25) is 0 Å². The second-order valence-corrected chi connectivity index (χ2v) is 4.29. The van der Waals surface area contributed by atoms with Crippen LogP contribution in [0.1, 0.15) is 5.56 Å². The predicted molar refractivity (Wildman–Crippen MR) is 73.1 cm³/mol. The molecule has 2 aromatic carbocycles. The number of hydrogen-bond donors (Lipinski definition) is 1. The van der Waals surface area contributed by atoms with Gasteiger partial charge in [-0.2, -0.15) is 4.68 Å². The second-order valence-electron chi connectivity index (χ2n) is 4.29. The number of fused-ring (bicyclic) bond motifs is 1. The van der Waals surface area contributed by atoms with Crippen LogP contribution in [0.25, 0.3) is 11.0 Å². The van der Waals surface area contributed by atoms with Gasteiger partial charge < -0.3 is 5.32 Å². The van der Waals surface area contributed by atoms with Crippen molar-refractivity contribution in [1.82, 2.24) is 15.0 Å². The summed E-state index contributed by atoms with van der Waals surface area (Å²) >= 11 is 0. The minimum absolute atomic E-state index is 0.322. The molecule has 0 unspecified atom stereocenters. The average Bonchev–Trinajstić information content (AvgIpc) is 2.85. The summed E-state index contributed by atoms with van der Waals surface area (Å²) in [5.74, 6) is 0. The van der Waals surface area contributed by atoms with E-state index in [9.17, 15) is 4.79 Å². The molecule has 0 saturated carbocycles. The molecule has 0 atom stereocenters. The number of hydrogen-bond acceptors (Lipinski definition) is 3. The van der Waals surface area contributed by atoms with Crippen LogP contribution >= 0.6 is 0 Å². The number of aryl methyl sites for hydroxylation is 1. The van der Waals surface area contributed by atoms with Crippen LogP contribution in [0.15, 0.2) is 48.5 Å². The number of nitrogens with one attached hydrogen (secondary N) is 1. The first kappa shape index (κ1) is 11.4. The van der Waals surface area contributed by atoms with Gasteiger partial charge in [-0.15, -0.1) is 5.10 Å². The number of benzene rings is 2. The number of carbonyl (C=O) groups is 1. The summed E-state index contributed by atoms with van der Waals surface area (Å²) in [4.78, 5) is 12.1. The molecular formula is C14H12N4O. The molecule has 3 aromatic rings. The molecule has 0 spiro atoms. The third kappa shape index (κ3) is 2.18. The van der Waals surface area contributed by atoms with Gasteiger partial charge in [0, 0.05) is 5.69 Å². The number of rotatable bonds is 1. The molecule has 5 nitrogen and oxygen atoms in total. The summed E-state index contributed by atoms with van der Waals surface area (Å²) in [5.41, 5.74) is 3.26. The van der Waals surface area contributed by atoms with Crippen molar-refractivity contribution in [1.29, 1.82) is 0 Å². The van der Waals surface area contributed by atoms with Crippen LogP contribution in [-0.4, -0.2) is 21.0 Å². The monoisotopic (exact) mass is 252 g/mol. The Morgan fingerprint density at radius 1 is 1.11 bits per heavy atom. The molecule has 0 aliphatic heterocycles. The van der Waals surface area contributed by atoms with Crippen LogP contribution in [0.2, 0.25) is 0 Å². The summed E-state index contributed by atoms with van der Waals surface area (Å²) in [6.45, 7) is 2.00. The SMILES string of the molecule is Cc1ccc(NC(=O)n2nnc3ccccc32)cc1. The number of anilines is 1. The maximum absolute atomic E-state index is 12.1. The molecule has 1 amide bonds. The van der Waals surface area contributed by atoms with Crippen molar-refractivity contribution in [3.63, 3.8) is 0 Å². The van der Waals surface area contributed by atoms with Gasteiger partial charge in [-0.1, -0.05) is 35.0 Å². The van der Waals surface area contributed by atoms with Gasteiger partial charge in [-0.05, 0) is 31.2 Å². The van der Waals surface area contributed by atoms with E-state index in [0.29, 0.717) is 11.0 Å². The Morgan fingerprint density at radius 3 is 2.63 bits per heavy atom. The van der Waals surface area contributed by atoms with E-state index in [1.54, 1.807) is 0 Å². The first-order valence-electron chi connectivity index (χ1n) is 5.92. The fourth-order valence-electron chi connectivity index (χ4n) is 1.83. The lowest BCUT2D eigenvalue weighted by atomic mass is 10.2. The summed E-state index contributed by atoms with van der Waals surface area (Å²) in [5, 5.41) is 10.6. The Balaban J connectivity index is 1.90. The number of amides is 1. The van der Waals surface area contributed by atoms with E-state index < -0.39 is 0 Å². The van der Waals surface area contributed by atoms with Crippen LogP contribution < -0.4 is 5.32 Å². The first-order chi connectivity index (χ1) is 9.24. The van der Waals surface area contributed by atoms with Gasteiger partial charge in [0.25, 0.3) is 0 Å². The summed E-state index contributed by atoms with van der Waals surface area (Å²) in [6, 6.07) is 14.6. The minimum Gasteiger partial charge on any atom is -0.306 e. The Morgan fingerprint density at radius 2 is 1.84 bits per heavy atom. The molecule has 0 aliphatic rings. The summed E-state index contributed by atoms with van der Waals surface area (Å²) in [6.07, 6.45) is 0. The van der Waals surface area contributed by atoms with Crippen LogP contribution in [0.3, 0.4) is 0 Å². The highest BCUT2D eigenvalue weighted by molar-refractivity contribution is 5.96. The van der Waals surface area contributed by atoms with Gasteiger partial charge in [0.05, 0.1) is 5.52 Å². The van der Waals surface area contributed by atoms with Crippen molar-refractivity contribution in [2.75, 3.05) is 5.32 Å². The zero-order chi connectivity index (χ0) is 13.2. The Kier molecular flexibility index (Phi) is 2.72. The highest BCUT2D eigenvalue weighted by Gasteiger charge is 2.11. The van der Waals surface area contributed by atoms with E-state index in [2.05, 4.69) is 15.6 Å². The van der Waals surface area contributed by atoms with Crippen LogP contribution in [0, 0.1) is 6.92 Å². The molecule has 1 heterocycles. The first-order valence-corrected chi connectivity index (χ1v) is 5.92. The number of aromatic nitrogens is 3. The molecule has 1 N–H and O–H groups in total. The molecule has 1 aromatic heterocycles. The van der Waals surface area contributed by atoms with Gasteiger partial charge in [0.1, 0.15) is 5.52 Å². The van der Waals surface area contributed by atoms with Crippen LogP contribution in [0.5, 0.6) is 0 Å². The molecule has 19 heavy (non-hydrogen) atoms. The smallest absolute Gasteiger partial charge is 0.306 e. The predicted octanol–water partition coefficient (Wildman–Crippen LogP) is 2.82. The largest absolute Gasteiger partial charge is 0.348 e. The lowest BCUT2D eigenvalue weighted by Gasteiger charge is -2.05. The van der Waals surface area contributed by atoms with Gasteiger partial charge in [0.15, 0.2) is 0 Å². The van der Waals surface area contributed by atoms with Crippen molar-refractivity contribution in [2.24, 2.45) is 0 Å². The van der Waals surface area contributed by atoms with Crippen molar-refractivity contribution < 1.29 is 4.79 Å². The molecule has 5 heteroatoms. The number of carbonyl (C=O) groups excluding carboxylic acids is 1. The molecule has 3 rings (SSSR count). The molecule has 0 bridgehead atoms. The van der Waals surface area contributed by atoms with E-state index in [-0.39, 0.29) is 6.03 Å². The van der Waals surface area contributed by atoms with Gasteiger partial charge in [-0.25, -0.2) is 4.79 Å². The molecule has 0 saturated heterocycles. The maximum Gasteiger partial charge on any atom is 0.348 e. The fourth-order valence-corrected chi connectivity index (χ4v) is 1.83. The zero-order valence-corrected chi connectivity index (χ0v) is 10.4. The zero-order valence-electron chi connectivity index (χ0n) is 10.4. The Labute approximate surface area is 109 Å². The third-order valence-electron chi connectivity index (χ3n) is 2.85. The van der Waals surface area contributed by atoms with Crippen LogP contribution in [0.4, 0.5) is 10.5 Å². The third-order valence-corrected chi connectivity index (χ3v) is 2.85. The topological polar surface area (TPSA) is 59.8 Å². The van der Waals surface area contributed by atoms with Crippen molar-refractivity contribution >= 4 is 22.8 Å². The molecule has 94 valence electrons. The van der Waals surface area contributed by atoms with E-state index in [1.165, 1.54) is 4.68 Å². The number of para-hydroxylation sites is 1. The van der Waals surface area contributed by atoms with Crippen molar-refractivity contribution in [2.45, 2.75) is 6.92 Å². The molecule has 0 aliphatic carbocycles. The van der Waals surface area contributed by atoms with Gasteiger partial charge >= 0.3 is 6.03 Å². The summed E-state index contributed by atoms with van der Waals surface area (Å²) in [7, 11) is 0. The quantitative estimate of drug-likeness (QED) is 0.724. The molecule has 0 fully saturated rings. The van der Waals surface area contributed by atoms with E-state index >= 15 is 0 Å². The lowest BCUT2D eigenvalue weighted by molar-refractivity contribution is 0.251. The van der Waals surface area contributed by atoms with Crippen molar-refractivity contribution in [3.05, 3.63) is 54.1 Å². The standard InChI is InChI=1S/C14H12N4O/c1-10-6-8-11(9-7-10)15-14(19)18-13-5-3-2-4-12(13)16-17-18/h2-9H,1H3,(H,15,19). The highest BCUT2D eigenvalue weighted by Crippen LogP contribution is 2.12. The van der Waals surface area contributed by atoms with Crippen LogP contribution in [-0.2, 0) is 0 Å². The number of nitrogens with zero attached hydrogens (tertiary/aromatic N) is 3. The normalized spacial score (nSPS) is 10.6. The minimum atomic E-state index is -0.322. The average molecular weight is 252 g/mol.